The predicted molar refractivity (Wildman–Crippen MR) is 122 cm³/mol. The number of carbonyl (C=O) groups is 3. The lowest BCUT2D eigenvalue weighted by molar-refractivity contribution is -0.166. The van der Waals surface area contributed by atoms with E-state index in [-0.39, 0.29) is 28.9 Å². The van der Waals surface area contributed by atoms with Crippen LogP contribution in [0.4, 0.5) is 11.6 Å². The van der Waals surface area contributed by atoms with Gasteiger partial charge in [0.15, 0.2) is 29.2 Å². The van der Waals surface area contributed by atoms with Crippen LogP contribution in [0.25, 0.3) is 11.2 Å². The van der Waals surface area contributed by atoms with Gasteiger partial charge in [0.2, 0.25) is 5.95 Å². The molecule has 3 heterocycles. The molecule has 0 radical (unpaired) electrons. The summed E-state index contributed by atoms with van der Waals surface area (Å²) in [5, 5.41) is 3.15. The van der Waals surface area contributed by atoms with E-state index in [1.54, 1.807) is 0 Å². The third-order valence-corrected chi connectivity index (χ3v) is 5.29. The van der Waals surface area contributed by atoms with E-state index in [1.165, 1.54) is 31.7 Å². The highest BCUT2D eigenvalue weighted by Crippen LogP contribution is 2.36. The minimum Gasteiger partial charge on any atom is -0.463 e. The molecule has 184 valence electrons. The number of para-hydroxylation sites is 1. The molecule has 4 atom stereocenters. The molecule has 35 heavy (non-hydrogen) atoms. The molecule has 1 saturated heterocycles. The van der Waals surface area contributed by atoms with Crippen LogP contribution in [0.1, 0.15) is 27.0 Å². The van der Waals surface area contributed by atoms with Crippen LogP contribution in [0.5, 0.6) is 0 Å². The summed E-state index contributed by atoms with van der Waals surface area (Å²) in [6, 6.07) is 9.23. The Bertz CT molecular complexity index is 1250. The lowest BCUT2D eigenvalue weighted by Crippen LogP contribution is -2.40. The average molecular weight is 504 g/mol. The molecule has 0 amide bonds. The first-order chi connectivity index (χ1) is 16.7. The Kier molecular flexibility index (Phi) is 7.12. The number of benzene rings is 1. The summed E-state index contributed by atoms with van der Waals surface area (Å²) in [5.74, 6) is -1.60. The van der Waals surface area contributed by atoms with E-state index < -0.39 is 42.4 Å². The van der Waals surface area contributed by atoms with Crippen molar-refractivity contribution >= 4 is 52.3 Å². The minimum atomic E-state index is -1.09. The first-order valence-electron chi connectivity index (χ1n) is 10.6. The van der Waals surface area contributed by atoms with Crippen molar-refractivity contribution in [2.24, 2.45) is 0 Å². The number of aromatic nitrogens is 4. The zero-order valence-electron chi connectivity index (χ0n) is 19.0. The number of halogens is 1. The van der Waals surface area contributed by atoms with Crippen molar-refractivity contribution in [2.75, 3.05) is 11.9 Å². The van der Waals surface area contributed by atoms with Gasteiger partial charge in [0.05, 0.1) is 6.33 Å². The van der Waals surface area contributed by atoms with Crippen molar-refractivity contribution in [3.8, 4) is 0 Å². The van der Waals surface area contributed by atoms with Crippen molar-refractivity contribution in [2.45, 2.75) is 45.3 Å². The summed E-state index contributed by atoms with van der Waals surface area (Å²) >= 11 is 6.36. The SMILES string of the molecule is CC(=O)OC[C@H]1O[C@@H](n2cnc3c(Cl)nc(Nc4ccccc4)nc32)[C@H](OC(C)=O)[C@@H]1OC(C)=O. The Labute approximate surface area is 204 Å². The number of esters is 3. The minimum absolute atomic E-state index is 0.0854. The Balaban J connectivity index is 1.74. The largest absolute Gasteiger partial charge is 0.463 e. The Hall–Kier alpha value is -3.77. The predicted octanol–water partition coefficient (Wildman–Crippen LogP) is 2.55. The molecule has 1 aliphatic heterocycles. The second-order valence-corrected chi connectivity index (χ2v) is 8.03. The highest BCUT2D eigenvalue weighted by molar-refractivity contribution is 6.33. The molecule has 12 nitrogen and oxygen atoms in total. The van der Waals surface area contributed by atoms with E-state index >= 15 is 0 Å². The smallest absolute Gasteiger partial charge is 0.303 e. The van der Waals surface area contributed by atoms with E-state index in [9.17, 15) is 14.4 Å². The molecule has 0 saturated carbocycles. The van der Waals surface area contributed by atoms with Gasteiger partial charge in [-0.05, 0) is 12.1 Å². The highest BCUT2D eigenvalue weighted by atomic mass is 35.5. The summed E-state index contributed by atoms with van der Waals surface area (Å²) in [5.41, 5.74) is 1.29. The molecule has 13 heteroatoms. The normalized spacial score (nSPS) is 21.5. The summed E-state index contributed by atoms with van der Waals surface area (Å²) < 4.78 is 23.5. The molecule has 1 aromatic carbocycles. The molecule has 3 aromatic rings. The molecule has 4 rings (SSSR count). The van der Waals surface area contributed by atoms with Crippen molar-refractivity contribution in [3.63, 3.8) is 0 Å². The Morgan fingerprint density at radius 1 is 1.03 bits per heavy atom. The summed E-state index contributed by atoms with van der Waals surface area (Å²) in [6.07, 6.45) is -2.69. The van der Waals surface area contributed by atoms with Crippen molar-refractivity contribution in [1.29, 1.82) is 0 Å². The molecule has 1 aliphatic rings. The van der Waals surface area contributed by atoms with Crippen LogP contribution in [-0.2, 0) is 33.3 Å². The van der Waals surface area contributed by atoms with E-state index in [0.29, 0.717) is 0 Å². The van der Waals surface area contributed by atoms with Crippen molar-refractivity contribution in [1.82, 2.24) is 19.5 Å². The fraction of sp³-hybridized carbons (Fsp3) is 0.364. The fourth-order valence-corrected chi connectivity index (χ4v) is 3.90. The maximum atomic E-state index is 11.9. The van der Waals surface area contributed by atoms with Gasteiger partial charge >= 0.3 is 17.9 Å². The van der Waals surface area contributed by atoms with Crippen LogP contribution in [0, 0.1) is 0 Å². The molecule has 0 aliphatic carbocycles. The molecule has 1 N–H and O–H groups in total. The monoisotopic (exact) mass is 503 g/mol. The zero-order valence-corrected chi connectivity index (χ0v) is 19.8. The van der Waals surface area contributed by atoms with Gasteiger partial charge < -0.3 is 24.3 Å². The number of rotatable bonds is 7. The molecule has 0 spiro atoms. The van der Waals surface area contributed by atoms with Crippen molar-refractivity contribution < 1.29 is 33.3 Å². The summed E-state index contributed by atoms with van der Waals surface area (Å²) in [4.78, 5) is 48.1. The quantitative estimate of drug-likeness (QED) is 0.288. The van der Waals surface area contributed by atoms with Crippen molar-refractivity contribution in [3.05, 3.63) is 41.8 Å². The van der Waals surface area contributed by atoms with Crippen LogP contribution in [0.15, 0.2) is 36.7 Å². The van der Waals surface area contributed by atoms with Gasteiger partial charge in [-0.2, -0.15) is 9.97 Å². The number of hydrogen-bond donors (Lipinski definition) is 1. The maximum Gasteiger partial charge on any atom is 0.303 e. The first kappa shape index (κ1) is 24.4. The molecule has 2 aromatic heterocycles. The van der Waals surface area contributed by atoms with Gasteiger partial charge in [-0.25, -0.2) is 4.98 Å². The van der Waals surface area contributed by atoms with Gasteiger partial charge in [0.1, 0.15) is 18.2 Å². The molecular formula is C22H22ClN5O7. The van der Waals surface area contributed by atoms with E-state index in [4.69, 9.17) is 30.5 Å². The van der Waals surface area contributed by atoms with Crippen LogP contribution < -0.4 is 5.32 Å². The number of nitrogens with one attached hydrogen (secondary N) is 1. The van der Waals surface area contributed by atoms with Gasteiger partial charge in [-0.1, -0.05) is 29.8 Å². The molecule has 1 fully saturated rings. The van der Waals surface area contributed by atoms with Crippen LogP contribution in [0.2, 0.25) is 5.15 Å². The van der Waals surface area contributed by atoms with Gasteiger partial charge in [0.25, 0.3) is 0 Å². The number of fused-ring (bicyclic) bond motifs is 1. The van der Waals surface area contributed by atoms with Crippen LogP contribution >= 0.6 is 11.6 Å². The first-order valence-corrected chi connectivity index (χ1v) is 11.0. The third kappa shape index (κ3) is 5.49. The van der Waals surface area contributed by atoms with Gasteiger partial charge in [0, 0.05) is 26.5 Å². The number of nitrogens with zero attached hydrogens (tertiary/aromatic N) is 4. The highest BCUT2D eigenvalue weighted by Gasteiger charge is 2.51. The lowest BCUT2D eigenvalue weighted by atomic mass is 10.1. The zero-order chi connectivity index (χ0) is 25.1. The topological polar surface area (TPSA) is 144 Å². The number of carbonyl (C=O) groups excluding carboxylic acids is 3. The number of ether oxygens (including phenoxy) is 4. The molecule has 0 unspecified atom stereocenters. The van der Waals surface area contributed by atoms with E-state index in [0.717, 1.165) is 5.69 Å². The average Bonchev–Trinajstić information content (AvgIpc) is 3.34. The fourth-order valence-electron chi connectivity index (χ4n) is 3.69. The van der Waals surface area contributed by atoms with E-state index in [1.807, 2.05) is 30.3 Å². The van der Waals surface area contributed by atoms with E-state index in [2.05, 4.69) is 20.3 Å². The summed E-state index contributed by atoms with van der Waals surface area (Å²) in [7, 11) is 0. The van der Waals surface area contributed by atoms with Gasteiger partial charge in [-0.15, -0.1) is 0 Å². The number of hydrogen-bond acceptors (Lipinski definition) is 11. The standard InChI is InChI=1S/C22H22ClN5O7/c1-11(29)32-9-15-17(33-12(2)30)18(34-13(3)31)21(35-15)28-10-24-16-19(23)26-22(27-20(16)28)25-14-7-5-4-6-8-14/h4-8,10,15,17-18,21H,9H2,1-3H3,(H,25,26,27)/t15-,17-,18-,21-/m1/s1. The Morgan fingerprint density at radius 3 is 2.37 bits per heavy atom. The second-order valence-electron chi connectivity index (χ2n) is 7.67. The maximum absolute atomic E-state index is 11.9. The molecule has 0 bridgehead atoms. The lowest BCUT2D eigenvalue weighted by Gasteiger charge is -2.23. The number of anilines is 2. The van der Waals surface area contributed by atoms with Crippen LogP contribution in [0.3, 0.4) is 0 Å². The molecular weight excluding hydrogens is 482 g/mol. The number of imidazole rings is 1. The third-order valence-electron chi connectivity index (χ3n) is 5.02. The van der Waals surface area contributed by atoms with Crippen LogP contribution in [-0.4, -0.2) is 62.3 Å². The Morgan fingerprint density at radius 2 is 1.71 bits per heavy atom. The summed E-state index contributed by atoms with van der Waals surface area (Å²) in [6.45, 7) is 3.43. The second kappa shape index (κ2) is 10.2. The van der Waals surface area contributed by atoms with Gasteiger partial charge in [-0.3, -0.25) is 19.0 Å².